The first-order valence-electron chi connectivity index (χ1n) is 13.6. The van der Waals surface area contributed by atoms with Crippen LogP contribution in [0.3, 0.4) is 0 Å². The molecule has 0 bridgehead atoms. The van der Waals surface area contributed by atoms with Gasteiger partial charge in [-0.05, 0) is 110 Å². The number of hydrogen-bond donors (Lipinski definition) is 3. The van der Waals surface area contributed by atoms with Crippen molar-refractivity contribution in [1.29, 1.82) is 0 Å². The fraction of sp³-hybridized carbons (Fsp3) is 0.552. The van der Waals surface area contributed by atoms with Gasteiger partial charge in [-0.15, -0.1) is 0 Å². The molecule has 0 aromatic carbocycles. The minimum absolute atomic E-state index is 0. The van der Waals surface area contributed by atoms with Crippen molar-refractivity contribution in [2.75, 3.05) is 13.1 Å². The normalized spacial score (nSPS) is 5.83. The molecule has 63 heavy (non-hydrogen) atoms. The molecule has 0 aromatic heterocycles. The molecule has 0 fully saturated rings. The third-order valence-electron chi connectivity index (χ3n) is 0.408. The minimum Gasteiger partial charge on any atom is -0.550 e. The molecular formula is C29H55Fe4N3O27. The van der Waals surface area contributed by atoms with Crippen molar-refractivity contribution in [3.8, 4) is 0 Å². The van der Waals surface area contributed by atoms with Gasteiger partial charge in [0.15, 0.2) is 0 Å². The molecule has 380 valence electrons. The molecule has 34 heteroatoms. The monoisotopic (exact) mass is 1100 g/mol. The van der Waals surface area contributed by atoms with E-state index in [0.29, 0.717) is 0 Å². The molecule has 4 radical (unpaired) electrons. The Morgan fingerprint density at radius 2 is 0.286 bits per heavy atom. The van der Waals surface area contributed by atoms with Crippen LogP contribution in [-0.2, 0) is 131 Å². The van der Waals surface area contributed by atoms with Gasteiger partial charge in [-0.25, -0.2) is 0 Å². The van der Waals surface area contributed by atoms with Gasteiger partial charge in [0.25, 0.3) is 0 Å². The Morgan fingerprint density at radius 1 is 0.254 bits per heavy atom. The topological polar surface area (TPSA) is 642 Å². The maximum atomic E-state index is 8.89. The van der Waals surface area contributed by atoms with Crippen LogP contribution in [0, 0.1) is 0 Å². The third kappa shape index (κ3) is 19500. The summed E-state index contributed by atoms with van der Waals surface area (Å²) >= 11 is 0. The van der Waals surface area contributed by atoms with E-state index in [4.69, 9.17) is 140 Å². The molecule has 0 rings (SSSR count). The fourth-order valence-electron chi connectivity index (χ4n) is 0.118. The second kappa shape index (κ2) is 131. The summed E-state index contributed by atoms with van der Waals surface area (Å²) in [5.41, 5.74) is 10.1. The number of quaternary nitrogens is 1. The first kappa shape index (κ1) is 130. The second-order valence-corrected chi connectivity index (χ2v) is 7.32. The summed E-state index contributed by atoms with van der Waals surface area (Å²) in [6.45, 7) is 14.1. The predicted molar refractivity (Wildman–Crippen MR) is 171 cm³/mol. The molecule has 0 aliphatic carbocycles. The van der Waals surface area contributed by atoms with E-state index in [9.17, 15) is 0 Å². The average Bonchev–Trinajstić information content (AvgIpc) is 2.80. The standard InChI is InChI=1S/C3H10N2.13C2H4O2.4Fe.H3N.H2O/c4-2-1-3-5;13*1-2(3)4;;;;;;/h1-5H2;13*1H3,(H,3,4);;;;;1H3;1H2/q;;;;;;;;;;;;;;4*+3;;/p-12. The number of carboxylic acids is 13. The van der Waals surface area contributed by atoms with Crippen molar-refractivity contribution < 1.29 is 202 Å². The zero-order valence-corrected chi connectivity index (χ0v) is 40.7. The van der Waals surface area contributed by atoms with Gasteiger partial charge in [0.05, 0.1) is 0 Å². The van der Waals surface area contributed by atoms with Gasteiger partial charge >= 0.3 is 68.3 Å². The summed E-state index contributed by atoms with van der Waals surface area (Å²) in [4.78, 5) is 116. The number of nitrogens with two attached hydrogens (primary N) is 2. The first-order valence-corrected chi connectivity index (χ1v) is 13.6. The quantitative estimate of drug-likeness (QED) is 0.216. The molecule has 0 heterocycles. The van der Waals surface area contributed by atoms with Gasteiger partial charge in [-0.1, -0.05) is 0 Å². The van der Waals surface area contributed by atoms with E-state index in [1.807, 2.05) is 0 Å². The minimum atomic E-state index is -1.08. The molecule has 30 nitrogen and oxygen atoms in total. The van der Waals surface area contributed by atoms with Crippen LogP contribution < -0.4 is 84.0 Å². The van der Waals surface area contributed by atoms with Gasteiger partial charge in [0, 0.05) is 77.6 Å². The van der Waals surface area contributed by atoms with Crippen LogP contribution in [0.2, 0.25) is 0 Å². The van der Waals surface area contributed by atoms with Crippen molar-refractivity contribution in [2.24, 2.45) is 11.5 Å². The fourth-order valence-corrected chi connectivity index (χ4v) is 0.118. The van der Waals surface area contributed by atoms with Crippen LogP contribution in [0.4, 0.5) is 0 Å². The molecule has 10 N–H and O–H groups in total. The van der Waals surface area contributed by atoms with Crippen LogP contribution in [-0.4, -0.2) is 96.2 Å². The number of carboxylic acid groups (broad SMARTS) is 13. The van der Waals surface area contributed by atoms with E-state index in [2.05, 4.69) is 0 Å². The van der Waals surface area contributed by atoms with Crippen LogP contribution >= 0.6 is 0 Å². The molecule has 0 saturated heterocycles. The van der Waals surface area contributed by atoms with E-state index in [1.54, 1.807) is 0 Å². The molecule has 0 aromatic rings. The molecule has 0 amide bonds. The molecule has 0 aliphatic heterocycles. The molecular weight excluding hydrogens is 1050 g/mol. The van der Waals surface area contributed by atoms with E-state index in [1.165, 1.54) is 0 Å². The van der Waals surface area contributed by atoms with Crippen molar-refractivity contribution in [2.45, 2.75) is 96.4 Å². The van der Waals surface area contributed by atoms with Crippen molar-refractivity contribution >= 4 is 77.6 Å². The number of aliphatic carboxylic acids is 13. The van der Waals surface area contributed by atoms with E-state index < -0.39 is 77.6 Å². The third-order valence-corrected chi connectivity index (χ3v) is 0.408. The Labute approximate surface area is 405 Å². The maximum absolute atomic E-state index is 8.89. The predicted octanol–water partition coefficient (Wildman–Crippen LogP) is -17.3. The molecule has 0 saturated carbocycles. The average molecular weight is 1100 g/mol. The Hall–Kier alpha value is -4.97. The number of carbonyl (C=O) groups excluding carboxylic acids is 13. The maximum Gasteiger partial charge on any atom is 3.00 e. The SMILES string of the molecule is CC(=O)[O-].CC(=O)[O-].CC(=O)[O-].CC(=O)[O-].CC(=O)[O-].CC(=O)[O-].CC(=O)[O-].CC(=O)[O-].CC(=O)[O-].CC(=O)[O-].CC(=O)[O-].CC(=O)[O-].CC(=O)[O-].NCCCN.O.[Fe+3].[Fe+3].[Fe+3].[Fe+3].[NH4+]. The van der Waals surface area contributed by atoms with Crippen LogP contribution in [0.25, 0.3) is 0 Å². The van der Waals surface area contributed by atoms with Gasteiger partial charge < -0.3 is 152 Å². The smallest absolute Gasteiger partial charge is 0.550 e. The van der Waals surface area contributed by atoms with Gasteiger partial charge in [0.2, 0.25) is 0 Å². The molecule has 0 spiro atoms. The molecule has 0 unspecified atom stereocenters. The van der Waals surface area contributed by atoms with E-state index in [-0.39, 0.29) is 79.9 Å². The first-order chi connectivity index (χ1) is 24.9. The summed E-state index contributed by atoms with van der Waals surface area (Å²) in [7, 11) is 0. The Kier molecular flexibility index (Phi) is 270. The summed E-state index contributed by atoms with van der Waals surface area (Å²) in [6, 6.07) is 0. The second-order valence-electron chi connectivity index (χ2n) is 7.32. The number of rotatable bonds is 2. The number of hydrogen-bond acceptors (Lipinski definition) is 28. The van der Waals surface area contributed by atoms with Crippen LogP contribution in [0.5, 0.6) is 0 Å². The van der Waals surface area contributed by atoms with Gasteiger partial charge in [0.1, 0.15) is 0 Å². The summed E-state index contributed by atoms with van der Waals surface area (Å²) < 4.78 is 0. The molecule has 0 atom stereocenters. The summed E-state index contributed by atoms with van der Waals surface area (Å²) in [5.74, 6) is -14.1. The van der Waals surface area contributed by atoms with Gasteiger partial charge in [-0.3, -0.25) is 0 Å². The zero-order valence-electron chi connectivity index (χ0n) is 36.3. The number of carbonyl (C=O) groups is 13. The van der Waals surface area contributed by atoms with Crippen molar-refractivity contribution in [1.82, 2.24) is 6.15 Å². The Bertz CT molecular complexity index is 727. The van der Waals surface area contributed by atoms with Crippen molar-refractivity contribution in [3.63, 3.8) is 0 Å². The van der Waals surface area contributed by atoms with E-state index >= 15 is 0 Å². The van der Waals surface area contributed by atoms with E-state index in [0.717, 1.165) is 110 Å². The zero-order chi connectivity index (χ0) is 50.6. The largest absolute Gasteiger partial charge is 3.00 e. The van der Waals surface area contributed by atoms with Crippen LogP contribution in [0.15, 0.2) is 0 Å². The Morgan fingerprint density at radius 3 is 0.286 bits per heavy atom. The van der Waals surface area contributed by atoms with Crippen molar-refractivity contribution in [3.05, 3.63) is 0 Å². The summed E-state index contributed by atoms with van der Waals surface area (Å²) in [5, 5.41) is 116. The molecule has 0 aliphatic rings. The van der Waals surface area contributed by atoms with Gasteiger partial charge in [-0.2, -0.15) is 0 Å². The van der Waals surface area contributed by atoms with Crippen LogP contribution in [0.1, 0.15) is 96.4 Å². The Balaban J connectivity index is -0.0000000174. The summed E-state index contributed by atoms with van der Waals surface area (Å²) in [6.07, 6.45) is 0.944.